The molecule has 0 aliphatic carbocycles. The predicted octanol–water partition coefficient (Wildman–Crippen LogP) is 2.14. The van der Waals surface area contributed by atoms with Gasteiger partial charge in [0.25, 0.3) is 0 Å². The van der Waals surface area contributed by atoms with E-state index in [0.717, 1.165) is 11.3 Å². The third-order valence-corrected chi connectivity index (χ3v) is 4.39. The van der Waals surface area contributed by atoms with Crippen LogP contribution in [0.3, 0.4) is 0 Å². The zero-order chi connectivity index (χ0) is 22.7. The first-order valence-corrected chi connectivity index (χ1v) is 9.19. The summed E-state index contributed by atoms with van der Waals surface area (Å²) in [6, 6.07) is 5.73. The van der Waals surface area contributed by atoms with Gasteiger partial charge in [-0.25, -0.2) is 24.0 Å². The van der Waals surface area contributed by atoms with Gasteiger partial charge in [0, 0.05) is 12.7 Å². The third kappa shape index (κ3) is 4.63. The zero-order valence-electron chi connectivity index (χ0n) is 17.7. The van der Waals surface area contributed by atoms with Crippen molar-refractivity contribution in [3.63, 3.8) is 0 Å². The lowest BCUT2D eigenvalue weighted by Gasteiger charge is -2.09. The molecule has 162 valence electrons. The molecule has 0 radical (unpaired) electrons. The molecule has 0 N–H and O–H groups in total. The highest BCUT2D eigenvalue weighted by atomic mass is 16.6. The lowest BCUT2D eigenvalue weighted by Crippen LogP contribution is -2.18. The van der Waals surface area contributed by atoms with Crippen LogP contribution in [0.25, 0.3) is 11.0 Å². The number of hydrogen-bond acceptors (Lipinski definition) is 9. The molecule has 10 heteroatoms. The standard InChI is InChI=1S/C21H21N3O7/c1-11-6-12(2)22-18-17(11)19(23-24(18)3)30-10-16(25)31-15-8-13(20(26)28-4)7-14(9-15)21(27)29-5/h6-9H,10H2,1-5H3. The fraction of sp³-hybridized carbons (Fsp3) is 0.286. The number of hydrogen-bond donors (Lipinski definition) is 0. The van der Waals surface area contributed by atoms with Crippen molar-refractivity contribution in [1.29, 1.82) is 0 Å². The molecule has 0 atom stereocenters. The molecule has 0 saturated carbocycles. The number of fused-ring (bicyclic) bond motifs is 1. The SMILES string of the molecule is COC(=O)c1cc(OC(=O)COc2nn(C)c3nc(C)cc(C)c23)cc(C(=O)OC)c1. The summed E-state index contributed by atoms with van der Waals surface area (Å²) in [7, 11) is 4.12. The Bertz CT molecular complexity index is 1150. The largest absolute Gasteiger partial charge is 0.465 e. The van der Waals surface area contributed by atoms with Crippen LogP contribution in [0, 0.1) is 13.8 Å². The number of carbonyl (C=O) groups is 3. The van der Waals surface area contributed by atoms with Crippen molar-refractivity contribution >= 4 is 28.9 Å². The number of benzene rings is 1. The fourth-order valence-electron chi connectivity index (χ4n) is 3.07. The molecular weight excluding hydrogens is 406 g/mol. The molecule has 1 aromatic carbocycles. The maximum Gasteiger partial charge on any atom is 0.349 e. The van der Waals surface area contributed by atoms with Gasteiger partial charge in [-0.05, 0) is 43.7 Å². The molecule has 2 heterocycles. The molecule has 10 nitrogen and oxygen atoms in total. The molecule has 0 aliphatic rings. The van der Waals surface area contributed by atoms with Gasteiger partial charge in [-0.15, -0.1) is 5.10 Å². The average Bonchev–Trinajstić information content (AvgIpc) is 3.06. The van der Waals surface area contributed by atoms with Crippen molar-refractivity contribution in [3.8, 4) is 11.6 Å². The van der Waals surface area contributed by atoms with E-state index in [1.807, 2.05) is 19.9 Å². The van der Waals surface area contributed by atoms with Gasteiger partial charge in [0.2, 0.25) is 5.88 Å². The van der Waals surface area contributed by atoms with Gasteiger partial charge in [-0.2, -0.15) is 0 Å². The molecule has 3 aromatic rings. The van der Waals surface area contributed by atoms with Gasteiger partial charge < -0.3 is 18.9 Å². The summed E-state index contributed by atoms with van der Waals surface area (Å²) in [4.78, 5) is 40.5. The highest BCUT2D eigenvalue weighted by Gasteiger charge is 2.18. The molecule has 31 heavy (non-hydrogen) atoms. The van der Waals surface area contributed by atoms with Gasteiger partial charge >= 0.3 is 17.9 Å². The van der Waals surface area contributed by atoms with E-state index < -0.39 is 24.5 Å². The zero-order valence-corrected chi connectivity index (χ0v) is 17.7. The van der Waals surface area contributed by atoms with Crippen molar-refractivity contribution in [2.45, 2.75) is 13.8 Å². The Labute approximate surface area is 177 Å². The normalized spacial score (nSPS) is 10.6. The lowest BCUT2D eigenvalue weighted by atomic mass is 10.1. The summed E-state index contributed by atoms with van der Waals surface area (Å²) in [6.45, 7) is 3.33. The van der Waals surface area contributed by atoms with E-state index in [4.69, 9.17) is 9.47 Å². The van der Waals surface area contributed by atoms with Crippen LogP contribution in [0.15, 0.2) is 24.3 Å². The van der Waals surface area contributed by atoms with E-state index in [1.165, 1.54) is 32.4 Å². The van der Waals surface area contributed by atoms with Gasteiger partial charge in [0.05, 0.1) is 30.7 Å². The highest BCUT2D eigenvalue weighted by Crippen LogP contribution is 2.27. The minimum absolute atomic E-state index is 0.0295. The Morgan fingerprint density at radius 2 is 1.58 bits per heavy atom. The number of aryl methyl sites for hydroxylation is 3. The van der Waals surface area contributed by atoms with E-state index in [9.17, 15) is 14.4 Å². The number of nitrogens with zero attached hydrogens (tertiary/aromatic N) is 3. The number of rotatable bonds is 6. The van der Waals surface area contributed by atoms with Crippen molar-refractivity contribution in [1.82, 2.24) is 14.8 Å². The summed E-state index contributed by atoms with van der Waals surface area (Å²) < 4.78 is 21.7. The van der Waals surface area contributed by atoms with Gasteiger partial charge in [-0.3, -0.25) is 0 Å². The summed E-state index contributed by atoms with van der Waals surface area (Å²) in [6.07, 6.45) is 0. The Balaban J connectivity index is 1.79. The minimum atomic E-state index is -0.755. The van der Waals surface area contributed by atoms with Gasteiger partial charge in [0.15, 0.2) is 12.3 Å². The summed E-state index contributed by atoms with van der Waals surface area (Å²) in [5.41, 5.74) is 2.44. The van der Waals surface area contributed by atoms with E-state index >= 15 is 0 Å². The molecule has 0 fully saturated rings. The maximum atomic E-state index is 12.3. The molecule has 0 saturated heterocycles. The Kier molecular flexibility index (Phi) is 6.19. The van der Waals surface area contributed by atoms with E-state index in [0.29, 0.717) is 11.0 Å². The second kappa shape index (κ2) is 8.82. The Hall–Kier alpha value is -3.95. The number of esters is 3. The van der Waals surface area contributed by atoms with Crippen LogP contribution < -0.4 is 9.47 Å². The van der Waals surface area contributed by atoms with Crippen molar-refractivity contribution in [3.05, 3.63) is 46.6 Å². The maximum absolute atomic E-state index is 12.3. The van der Waals surface area contributed by atoms with Gasteiger partial charge in [-0.1, -0.05) is 0 Å². The first-order valence-electron chi connectivity index (χ1n) is 9.19. The first kappa shape index (κ1) is 21.8. The first-order chi connectivity index (χ1) is 14.7. The predicted molar refractivity (Wildman–Crippen MR) is 108 cm³/mol. The second-order valence-electron chi connectivity index (χ2n) is 6.70. The van der Waals surface area contributed by atoms with Crippen LogP contribution in [-0.4, -0.2) is 53.5 Å². The molecule has 0 unspecified atom stereocenters. The van der Waals surface area contributed by atoms with Crippen LogP contribution in [-0.2, 0) is 21.3 Å². The van der Waals surface area contributed by atoms with Crippen LogP contribution in [0.2, 0.25) is 0 Å². The van der Waals surface area contributed by atoms with Crippen molar-refractivity contribution in [2.24, 2.45) is 7.05 Å². The molecular formula is C21H21N3O7. The smallest absolute Gasteiger partial charge is 0.349 e. The number of aromatic nitrogens is 3. The molecule has 0 spiro atoms. The lowest BCUT2D eigenvalue weighted by molar-refractivity contribution is -0.136. The van der Waals surface area contributed by atoms with Gasteiger partial charge in [0.1, 0.15) is 5.75 Å². The van der Waals surface area contributed by atoms with Crippen molar-refractivity contribution < 1.29 is 33.3 Å². The van der Waals surface area contributed by atoms with E-state index in [-0.39, 0.29) is 22.8 Å². The van der Waals surface area contributed by atoms with Crippen LogP contribution in [0.1, 0.15) is 32.0 Å². The molecule has 0 aliphatic heterocycles. The monoisotopic (exact) mass is 427 g/mol. The average molecular weight is 427 g/mol. The summed E-state index contributed by atoms with van der Waals surface area (Å²) in [5.74, 6) is -1.93. The molecule has 2 aromatic heterocycles. The quantitative estimate of drug-likeness (QED) is 0.430. The summed E-state index contributed by atoms with van der Waals surface area (Å²) in [5, 5.41) is 4.97. The number of ether oxygens (including phenoxy) is 4. The van der Waals surface area contributed by atoms with Crippen LogP contribution in [0.5, 0.6) is 11.6 Å². The number of pyridine rings is 1. The Morgan fingerprint density at radius 3 is 2.16 bits per heavy atom. The molecule has 3 rings (SSSR count). The van der Waals surface area contributed by atoms with Crippen LogP contribution in [0.4, 0.5) is 0 Å². The van der Waals surface area contributed by atoms with Crippen molar-refractivity contribution in [2.75, 3.05) is 20.8 Å². The van der Waals surface area contributed by atoms with E-state index in [2.05, 4.69) is 19.6 Å². The fourth-order valence-corrected chi connectivity index (χ4v) is 3.07. The molecule has 0 amide bonds. The minimum Gasteiger partial charge on any atom is -0.465 e. The van der Waals surface area contributed by atoms with Crippen LogP contribution >= 0.6 is 0 Å². The summed E-state index contributed by atoms with van der Waals surface area (Å²) >= 11 is 0. The topological polar surface area (TPSA) is 119 Å². The molecule has 0 bridgehead atoms. The van der Waals surface area contributed by atoms with E-state index in [1.54, 1.807) is 11.7 Å². The Morgan fingerprint density at radius 1 is 0.968 bits per heavy atom. The third-order valence-electron chi connectivity index (χ3n) is 4.39. The number of carbonyl (C=O) groups excluding carboxylic acids is 3. The number of methoxy groups -OCH3 is 2. The highest BCUT2D eigenvalue weighted by molar-refractivity contribution is 5.96. The second-order valence-corrected chi connectivity index (χ2v) is 6.70.